The monoisotopic (exact) mass is 541 g/mol. The average molecular weight is 542 g/mol. The summed E-state index contributed by atoms with van der Waals surface area (Å²) in [4.78, 5) is 21.8. The molecule has 5 heteroatoms. The predicted molar refractivity (Wildman–Crippen MR) is 164 cm³/mol. The van der Waals surface area contributed by atoms with Gasteiger partial charge in [-0.05, 0) is 49.1 Å². The van der Waals surface area contributed by atoms with Gasteiger partial charge in [-0.15, -0.1) is 0 Å². The van der Waals surface area contributed by atoms with Crippen LogP contribution in [0.1, 0.15) is 91.5 Å². The minimum absolute atomic E-state index is 0.237. The minimum atomic E-state index is -0.237. The predicted octanol–water partition coefficient (Wildman–Crippen LogP) is 7.33. The highest BCUT2D eigenvalue weighted by Crippen LogP contribution is 2.29. The number of ether oxygens (including phenoxy) is 1. The third-order valence-electron chi connectivity index (χ3n) is 8.05. The fourth-order valence-corrected chi connectivity index (χ4v) is 5.78. The first-order valence-corrected chi connectivity index (χ1v) is 15.4. The van der Waals surface area contributed by atoms with E-state index >= 15 is 0 Å². The molecule has 0 bridgehead atoms. The third-order valence-corrected chi connectivity index (χ3v) is 8.05. The summed E-state index contributed by atoms with van der Waals surface area (Å²) < 4.78 is 5.47. The van der Waals surface area contributed by atoms with Crippen LogP contribution in [0.25, 0.3) is 0 Å². The normalized spacial score (nSPS) is 14.4. The summed E-state index contributed by atoms with van der Waals surface area (Å²) in [6.45, 7) is 8.27. The lowest BCUT2D eigenvalue weighted by Crippen LogP contribution is -2.48. The molecule has 2 heterocycles. The van der Waals surface area contributed by atoms with Crippen LogP contribution < -0.4 is 0 Å². The topological polar surface area (TPSA) is 45.7 Å². The summed E-state index contributed by atoms with van der Waals surface area (Å²) in [5, 5.41) is 0. The molecule has 5 nitrogen and oxygen atoms in total. The van der Waals surface area contributed by atoms with Crippen LogP contribution in [0.2, 0.25) is 0 Å². The van der Waals surface area contributed by atoms with E-state index in [0.29, 0.717) is 18.2 Å². The molecule has 0 unspecified atom stereocenters. The molecule has 0 spiro atoms. The Kier molecular flexibility index (Phi) is 12.7. The zero-order valence-corrected chi connectivity index (χ0v) is 24.3. The molecule has 3 aromatic rings. The van der Waals surface area contributed by atoms with Crippen LogP contribution in [0.3, 0.4) is 0 Å². The number of esters is 1. The Bertz CT molecular complexity index is 1070. The number of unbranched alkanes of at least 4 members (excludes halogenated alkanes) is 7. The first-order valence-electron chi connectivity index (χ1n) is 15.4. The van der Waals surface area contributed by atoms with E-state index in [1.165, 1.54) is 56.2 Å². The fraction of sp³-hybridized carbons (Fsp3) is 0.486. The largest absolute Gasteiger partial charge is 0.462 e. The van der Waals surface area contributed by atoms with Gasteiger partial charge in [0.1, 0.15) is 0 Å². The van der Waals surface area contributed by atoms with E-state index in [1.54, 1.807) is 18.3 Å². The van der Waals surface area contributed by atoms with Gasteiger partial charge in [0.25, 0.3) is 0 Å². The summed E-state index contributed by atoms with van der Waals surface area (Å²) in [7, 11) is 0. The molecule has 0 N–H and O–H groups in total. The Morgan fingerprint density at radius 3 is 1.93 bits per heavy atom. The van der Waals surface area contributed by atoms with E-state index in [-0.39, 0.29) is 5.97 Å². The second-order valence-electron chi connectivity index (χ2n) is 10.9. The number of aromatic nitrogens is 1. The SMILES string of the molecule is CCc1ncccc1C(=O)OCCCCCCCCCCN1CCN(C(c2ccccc2)c2ccccc2)CC1. The van der Waals surface area contributed by atoms with Crippen LogP contribution in [0, 0.1) is 0 Å². The second kappa shape index (κ2) is 16.9. The summed E-state index contributed by atoms with van der Waals surface area (Å²) in [6, 6.07) is 25.9. The number of aryl methyl sites for hydroxylation is 1. The van der Waals surface area contributed by atoms with E-state index in [4.69, 9.17) is 4.74 Å². The number of hydrogen-bond donors (Lipinski definition) is 0. The maximum atomic E-state index is 12.3. The summed E-state index contributed by atoms with van der Waals surface area (Å²) in [5.74, 6) is -0.237. The molecule has 1 fully saturated rings. The second-order valence-corrected chi connectivity index (χ2v) is 10.9. The maximum absolute atomic E-state index is 12.3. The number of piperazine rings is 1. The van der Waals surface area contributed by atoms with Crippen LogP contribution in [-0.2, 0) is 11.2 Å². The van der Waals surface area contributed by atoms with Crippen molar-refractivity contribution in [2.45, 2.75) is 70.8 Å². The van der Waals surface area contributed by atoms with Gasteiger partial charge in [-0.2, -0.15) is 0 Å². The van der Waals surface area contributed by atoms with Crippen LogP contribution in [0.15, 0.2) is 79.0 Å². The van der Waals surface area contributed by atoms with Gasteiger partial charge in [-0.25, -0.2) is 4.79 Å². The van der Waals surface area contributed by atoms with Crippen molar-refractivity contribution in [1.29, 1.82) is 0 Å². The molecule has 0 atom stereocenters. The highest BCUT2D eigenvalue weighted by atomic mass is 16.5. The smallest absolute Gasteiger partial charge is 0.339 e. The Morgan fingerprint density at radius 2 is 1.32 bits per heavy atom. The molecule has 1 aliphatic heterocycles. The number of pyridine rings is 1. The van der Waals surface area contributed by atoms with E-state index < -0.39 is 0 Å². The molecule has 4 rings (SSSR count). The Hall–Kier alpha value is -3.02. The minimum Gasteiger partial charge on any atom is -0.462 e. The lowest BCUT2D eigenvalue weighted by molar-refractivity contribution is 0.0496. The lowest BCUT2D eigenvalue weighted by Gasteiger charge is -2.39. The standard InChI is InChI=1S/C35H47N3O2/c1-2-33-32(22-17-23-36-33)35(39)40-29-16-8-6-4-3-5-7-15-24-37-25-27-38(28-26-37)34(30-18-11-9-12-19-30)31-20-13-10-14-21-31/h9-14,17-23,34H,2-8,15-16,24-29H2,1H3. The van der Waals surface area contributed by atoms with Crippen molar-refractivity contribution >= 4 is 5.97 Å². The van der Waals surface area contributed by atoms with Crippen LogP contribution >= 0.6 is 0 Å². The molecule has 0 aliphatic carbocycles. The van der Waals surface area contributed by atoms with Gasteiger partial charge in [-0.3, -0.25) is 9.88 Å². The number of benzene rings is 2. The molecule has 0 amide bonds. The molecule has 1 aromatic heterocycles. The van der Waals surface area contributed by atoms with Crippen molar-refractivity contribution in [3.63, 3.8) is 0 Å². The molecule has 0 saturated carbocycles. The van der Waals surface area contributed by atoms with E-state index in [9.17, 15) is 4.79 Å². The zero-order valence-electron chi connectivity index (χ0n) is 24.3. The number of hydrogen-bond acceptors (Lipinski definition) is 5. The van der Waals surface area contributed by atoms with E-state index in [2.05, 4.69) is 75.4 Å². The number of nitrogens with zero attached hydrogens (tertiary/aromatic N) is 3. The number of rotatable bonds is 16. The molecule has 2 aromatic carbocycles. The summed E-state index contributed by atoms with van der Waals surface area (Å²) in [5.41, 5.74) is 4.20. The van der Waals surface area contributed by atoms with Gasteiger partial charge < -0.3 is 9.64 Å². The molecule has 1 saturated heterocycles. The Labute approximate surface area is 241 Å². The van der Waals surface area contributed by atoms with Gasteiger partial charge >= 0.3 is 5.97 Å². The molecular formula is C35H47N3O2. The van der Waals surface area contributed by atoms with Crippen LogP contribution in [0.4, 0.5) is 0 Å². The number of carbonyl (C=O) groups excluding carboxylic acids is 1. The van der Waals surface area contributed by atoms with Gasteiger partial charge in [-0.1, -0.05) is 106 Å². The molecular weight excluding hydrogens is 494 g/mol. The molecule has 1 aliphatic rings. The van der Waals surface area contributed by atoms with Gasteiger partial charge in [0.15, 0.2) is 0 Å². The average Bonchev–Trinajstić information content (AvgIpc) is 3.01. The summed E-state index contributed by atoms with van der Waals surface area (Å²) >= 11 is 0. The van der Waals surface area contributed by atoms with Crippen molar-refractivity contribution in [3.05, 3.63) is 101 Å². The van der Waals surface area contributed by atoms with Crippen molar-refractivity contribution in [2.24, 2.45) is 0 Å². The quantitative estimate of drug-likeness (QED) is 0.140. The lowest BCUT2D eigenvalue weighted by atomic mass is 9.96. The fourth-order valence-electron chi connectivity index (χ4n) is 5.78. The Balaban J connectivity index is 1.03. The van der Waals surface area contributed by atoms with Crippen molar-refractivity contribution < 1.29 is 9.53 Å². The van der Waals surface area contributed by atoms with E-state index in [1.807, 2.05) is 6.92 Å². The van der Waals surface area contributed by atoms with Gasteiger partial charge in [0.2, 0.25) is 0 Å². The van der Waals surface area contributed by atoms with Crippen molar-refractivity contribution in [1.82, 2.24) is 14.8 Å². The Morgan fingerprint density at radius 1 is 0.750 bits per heavy atom. The van der Waals surface area contributed by atoms with Crippen LogP contribution in [-0.4, -0.2) is 60.1 Å². The van der Waals surface area contributed by atoms with Crippen molar-refractivity contribution in [2.75, 3.05) is 39.3 Å². The van der Waals surface area contributed by atoms with Crippen molar-refractivity contribution in [3.8, 4) is 0 Å². The molecule has 0 radical (unpaired) electrons. The molecule has 40 heavy (non-hydrogen) atoms. The zero-order chi connectivity index (χ0) is 27.8. The van der Waals surface area contributed by atoms with E-state index in [0.717, 1.165) is 51.1 Å². The highest BCUT2D eigenvalue weighted by Gasteiger charge is 2.26. The third kappa shape index (κ3) is 9.28. The molecule has 214 valence electrons. The van der Waals surface area contributed by atoms with Gasteiger partial charge in [0.05, 0.1) is 23.9 Å². The highest BCUT2D eigenvalue weighted by molar-refractivity contribution is 5.90. The number of carbonyl (C=O) groups is 1. The first-order chi connectivity index (χ1) is 19.8. The summed E-state index contributed by atoms with van der Waals surface area (Å²) in [6.07, 6.45) is 12.3. The first kappa shape index (κ1) is 30.0. The van der Waals surface area contributed by atoms with Gasteiger partial charge in [0, 0.05) is 32.4 Å². The van der Waals surface area contributed by atoms with Crippen LogP contribution in [0.5, 0.6) is 0 Å². The maximum Gasteiger partial charge on any atom is 0.339 e.